The predicted molar refractivity (Wildman–Crippen MR) is 32.9 cm³/mol. The lowest BCUT2D eigenvalue weighted by molar-refractivity contribution is 0.276. The monoisotopic (exact) mass is 113 g/mol. The standard InChI is InChI=1S/C5H11N3/c1-5-4-8(6)3-2-7-5/h7H,1-4,6H2. The van der Waals surface area contributed by atoms with Gasteiger partial charge >= 0.3 is 0 Å². The fourth-order valence-corrected chi connectivity index (χ4v) is 0.756. The van der Waals surface area contributed by atoms with E-state index in [1.165, 1.54) is 0 Å². The summed E-state index contributed by atoms with van der Waals surface area (Å²) in [6, 6.07) is 0. The first-order valence-corrected chi connectivity index (χ1v) is 2.70. The molecule has 46 valence electrons. The zero-order valence-corrected chi connectivity index (χ0v) is 4.85. The number of nitrogens with two attached hydrogens (primary N) is 1. The van der Waals surface area contributed by atoms with E-state index in [4.69, 9.17) is 5.84 Å². The number of hydrazine groups is 1. The Morgan fingerprint density at radius 3 is 2.88 bits per heavy atom. The minimum atomic E-state index is 0.778. The van der Waals surface area contributed by atoms with Gasteiger partial charge in [-0.1, -0.05) is 6.58 Å². The zero-order chi connectivity index (χ0) is 5.98. The molecule has 1 fully saturated rings. The number of rotatable bonds is 0. The number of nitrogens with one attached hydrogen (secondary N) is 1. The lowest BCUT2D eigenvalue weighted by Gasteiger charge is -2.24. The molecule has 3 nitrogen and oxygen atoms in total. The van der Waals surface area contributed by atoms with Gasteiger partial charge in [0, 0.05) is 18.8 Å². The topological polar surface area (TPSA) is 41.3 Å². The normalized spacial score (nSPS) is 22.9. The van der Waals surface area contributed by atoms with Crippen molar-refractivity contribution >= 4 is 0 Å². The molecule has 0 aromatic carbocycles. The summed E-state index contributed by atoms with van der Waals surface area (Å²) in [5, 5.41) is 4.85. The van der Waals surface area contributed by atoms with Crippen molar-refractivity contribution in [1.29, 1.82) is 0 Å². The van der Waals surface area contributed by atoms with Crippen LogP contribution in [-0.2, 0) is 0 Å². The quantitative estimate of drug-likeness (QED) is 0.407. The molecule has 0 amide bonds. The lowest BCUT2D eigenvalue weighted by Crippen LogP contribution is -2.45. The Balaban J connectivity index is 2.34. The zero-order valence-electron chi connectivity index (χ0n) is 4.85. The average molecular weight is 113 g/mol. The Labute approximate surface area is 49.1 Å². The molecule has 3 heteroatoms. The van der Waals surface area contributed by atoms with Crippen LogP contribution in [0.15, 0.2) is 12.3 Å². The summed E-state index contributed by atoms with van der Waals surface area (Å²) < 4.78 is 0. The van der Waals surface area contributed by atoms with Crippen LogP contribution in [0.1, 0.15) is 0 Å². The highest BCUT2D eigenvalue weighted by Crippen LogP contribution is 1.91. The highest BCUT2D eigenvalue weighted by molar-refractivity contribution is 4.96. The van der Waals surface area contributed by atoms with Crippen LogP contribution in [0.4, 0.5) is 0 Å². The van der Waals surface area contributed by atoms with Crippen molar-refractivity contribution in [2.24, 2.45) is 5.84 Å². The van der Waals surface area contributed by atoms with Gasteiger partial charge in [-0.15, -0.1) is 0 Å². The van der Waals surface area contributed by atoms with Crippen molar-refractivity contribution in [3.63, 3.8) is 0 Å². The van der Waals surface area contributed by atoms with Gasteiger partial charge in [0.1, 0.15) is 0 Å². The Hall–Kier alpha value is -0.540. The van der Waals surface area contributed by atoms with Gasteiger partial charge in [-0.25, -0.2) is 5.01 Å². The minimum Gasteiger partial charge on any atom is -0.386 e. The molecule has 0 radical (unpaired) electrons. The summed E-state index contributed by atoms with van der Waals surface area (Å²) in [4.78, 5) is 0. The van der Waals surface area contributed by atoms with E-state index in [1.807, 2.05) is 0 Å². The Kier molecular flexibility index (Phi) is 1.50. The number of hydrogen-bond donors (Lipinski definition) is 2. The van der Waals surface area contributed by atoms with Crippen LogP contribution < -0.4 is 11.2 Å². The SMILES string of the molecule is C=C1CN(N)CCN1. The Morgan fingerprint density at radius 2 is 2.50 bits per heavy atom. The Bertz CT molecular complexity index is 99.8. The molecule has 0 unspecified atom stereocenters. The second-order valence-electron chi connectivity index (χ2n) is 2.00. The van der Waals surface area contributed by atoms with E-state index < -0.39 is 0 Å². The second kappa shape index (κ2) is 2.15. The van der Waals surface area contributed by atoms with Crippen molar-refractivity contribution in [3.05, 3.63) is 12.3 Å². The van der Waals surface area contributed by atoms with E-state index in [1.54, 1.807) is 5.01 Å². The molecule has 3 N–H and O–H groups in total. The van der Waals surface area contributed by atoms with E-state index >= 15 is 0 Å². The molecule has 0 aromatic rings. The maximum absolute atomic E-state index is 5.46. The van der Waals surface area contributed by atoms with Gasteiger partial charge in [-0.3, -0.25) is 5.84 Å². The van der Waals surface area contributed by atoms with Crippen molar-refractivity contribution in [3.8, 4) is 0 Å². The first kappa shape index (κ1) is 5.59. The molecule has 0 aliphatic carbocycles. The molecular formula is C5H11N3. The predicted octanol–water partition coefficient (Wildman–Crippen LogP) is -0.721. The lowest BCUT2D eigenvalue weighted by atomic mass is 10.4. The molecule has 0 bridgehead atoms. The van der Waals surface area contributed by atoms with Crippen LogP contribution in [-0.4, -0.2) is 24.6 Å². The van der Waals surface area contributed by atoms with Crippen molar-refractivity contribution in [2.45, 2.75) is 0 Å². The molecule has 1 heterocycles. The molecule has 1 rings (SSSR count). The maximum Gasteiger partial charge on any atom is 0.0521 e. The van der Waals surface area contributed by atoms with Crippen LogP contribution in [0.5, 0.6) is 0 Å². The van der Waals surface area contributed by atoms with Crippen molar-refractivity contribution in [2.75, 3.05) is 19.6 Å². The fraction of sp³-hybridized carbons (Fsp3) is 0.600. The molecule has 0 saturated carbocycles. The van der Waals surface area contributed by atoms with Gasteiger partial charge in [0.25, 0.3) is 0 Å². The highest BCUT2D eigenvalue weighted by atomic mass is 15.4. The molecule has 1 aliphatic heterocycles. The first-order valence-electron chi connectivity index (χ1n) is 2.70. The van der Waals surface area contributed by atoms with Crippen LogP contribution in [0.3, 0.4) is 0 Å². The molecule has 0 aromatic heterocycles. The third-order valence-electron chi connectivity index (χ3n) is 1.17. The summed E-state index contributed by atoms with van der Waals surface area (Å²) in [6.07, 6.45) is 0. The van der Waals surface area contributed by atoms with E-state index in [9.17, 15) is 0 Å². The number of piperazine rings is 1. The molecule has 1 aliphatic rings. The first-order chi connectivity index (χ1) is 3.79. The smallest absolute Gasteiger partial charge is 0.0521 e. The van der Waals surface area contributed by atoms with E-state index in [-0.39, 0.29) is 0 Å². The summed E-state index contributed by atoms with van der Waals surface area (Å²) >= 11 is 0. The van der Waals surface area contributed by atoms with Gasteiger partial charge < -0.3 is 5.32 Å². The summed E-state index contributed by atoms with van der Waals surface area (Å²) in [6.45, 7) is 6.35. The van der Waals surface area contributed by atoms with Crippen LogP contribution in [0.2, 0.25) is 0 Å². The summed E-state index contributed by atoms with van der Waals surface area (Å²) in [5.41, 5.74) is 1.01. The van der Waals surface area contributed by atoms with Crippen LogP contribution in [0.25, 0.3) is 0 Å². The largest absolute Gasteiger partial charge is 0.386 e. The maximum atomic E-state index is 5.46. The van der Waals surface area contributed by atoms with E-state index in [0.717, 1.165) is 25.3 Å². The minimum absolute atomic E-state index is 0.778. The fourth-order valence-electron chi connectivity index (χ4n) is 0.756. The highest BCUT2D eigenvalue weighted by Gasteiger charge is 2.05. The molecule has 8 heavy (non-hydrogen) atoms. The van der Waals surface area contributed by atoms with Crippen molar-refractivity contribution in [1.82, 2.24) is 10.3 Å². The summed E-state index contributed by atoms with van der Waals surface area (Å²) in [7, 11) is 0. The third kappa shape index (κ3) is 1.21. The van der Waals surface area contributed by atoms with Gasteiger partial charge in [0.05, 0.1) is 6.54 Å². The number of hydrogen-bond acceptors (Lipinski definition) is 3. The molecule has 1 saturated heterocycles. The average Bonchev–Trinajstić information content (AvgIpc) is 1.64. The van der Waals surface area contributed by atoms with Gasteiger partial charge in [-0.05, 0) is 0 Å². The van der Waals surface area contributed by atoms with Crippen LogP contribution >= 0.6 is 0 Å². The van der Waals surface area contributed by atoms with E-state index in [2.05, 4.69) is 11.9 Å². The molecule has 0 spiro atoms. The van der Waals surface area contributed by atoms with Crippen LogP contribution in [0, 0.1) is 0 Å². The van der Waals surface area contributed by atoms with Gasteiger partial charge in [-0.2, -0.15) is 0 Å². The number of nitrogens with zero attached hydrogens (tertiary/aromatic N) is 1. The Morgan fingerprint density at radius 1 is 1.75 bits per heavy atom. The molecular weight excluding hydrogens is 102 g/mol. The third-order valence-corrected chi connectivity index (χ3v) is 1.17. The van der Waals surface area contributed by atoms with Gasteiger partial charge in [0.15, 0.2) is 0 Å². The van der Waals surface area contributed by atoms with E-state index in [0.29, 0.717) is 0 Å². The van der Waals surface area contributed by atoms with Gasteiger partial charge in [0.2, 0.25) is 0 Å². The molecule has 0 atom stereocenters. The second-order valence-corrected chi connectivity index (χ2v) is 2.00. The summed E-state index contributed by atoms with van der Waals surface area (Å²) in [5.74, 6) is 5.46. The van der Waals surface area contributed by atoms with Crippen molar-refractivity contribution < 1.29 is 0 Å².